The Bertz CT molecular complexity index is 430. The Balaban J connectivity index is 2.67. The maximum Gasteiger partial charge on any atom is 0.260 e. The van der Waals surface area contributed by atoms with E-state index in [4.69, 9.17) is 4.74 Å². The molecular weight excluding hydrogens is 250 g/mol. The first-order valence-corrected chi connectivity index (χ1v) is 7.36. The Morgan fingerprint density at radius 2 is 1.70 bits per heavy atom. The zero-order chi connectivity index (χ0) is 15.3. The molecular formula is C17H27NO2. The van der Waals surface area contributed by atoms with E-state index in [9.17, 15) is 4.79 Å². The van der Waals surface area contributed by atoms with Gasteiger partial charge in [-0.25, -0.2) is 0 Å². The molecule has 112 valence electrons. The lowest BCUT2D eigenvalue weighted by atomic mass is 10.0. The van der Waals surface area contributed by atoms with Crippen molar-refractivity contribution >= 4 is 5.91 Å². The molecule has 0 saturated carbocycles. The SMILES string of the molecule is CC(C)c1cccc(OCC(=O)N(C(C)C)C(C)C)c1. The van der Waals surface area contributed by atoms with E-state index >= 15 is 0 Å². The molecule has 1 aromatic carbocycles. The van der Waals surface area contributed by atoms with Gasteiger partial charge < -0.3 is 9.64 Å². The van der Waals surface area contributed by atoms with Crippen molar-refractivity contribution in [1.29, 1.82) is 0 Å². The van der Waals surface area contributed by atoms with Gasteiger partial charge in [0.25, 0.3) is 5.91 Å². The van der Waals surface area contributed by atoms with Gasteiger partial charge in [0.2, 0.25) is 0 Å². The zero-order valence-corrected chi connectivity index (χ0v) is 13.5. The summed E-state index contributed by atoms with van der Waals surface area (Å²) in [7, 11) is 0. The Hall–Kier alpha value is -1.51. The maximum absolute atomic E-state index is 12.2. The molecule has 0 aliphatic carbocycles. The molecule has 1 rings (SSSR count). The third-order valence-corrected chi connectivity index (χ3v) is 3.29. The molecule has 20 heavy (non-hydrogen) atoms. The molecule has 0 unspecified atom stereocenters. The molecule has 3 nitrogen and oxygen atoms in total. The van der Waals surface area contributed by atoms with E-state index in [1.54, 1.807) is 0 Å². The summed E-state index contributed by atoms with van der Waals surface area (Å²) < 4.78 is 5.65. The fourth-order valence-corrected chi connectivity index (χ4v) is 2.36. The molecule has 1 amide bonds. The van der Waals surface area contributed by atoms with Gasteiger partial charge in [-0.2, -0.15) is 0 Å². The fraction of sp³-hybridized carbons (Fsp3) is 0.588. The van der Waals surface area contributed by atoms with E-state index < -0.39 is 0 Å². The normalized spacial score (nSPS) is 11.2. The minimum atomic E-state index is 0.0324. The topological polar surface area (TPSA) is 29.5 Å². The van der Waals surface area contributed by atoms with Crippen LogP contribution in [0.15, 0.2) is 24.3 Å². The number of benzene rings is 1. The second kappa shape index (κ2) is 7.32. The lowest BCUT2D eigenvalue weighted by Crippen LogP contribution is -2.44. The van der Waals surface area contributed by atoms with Crippen molar-refractivity contribution in [2.45, 2.75) is 59.5 Å². The van der Waals surface area contributed by atoms with Crippen molar-refractivity contribution in [1.82, 2.24) is 4.90 Å². The summed E-state index contributed by atoms with van der Waals surface area (Å²) in [6, 6.07) is 8.33. The summed E-state index contributed by atoms with van der Waals surface area (Å²) in [5, 5.41) is 0. The molecule has 0 N–H and O–H groups in total. The Morgan fingerprint density at radius 3 is 2.20 bits per heavy atom. The Morgan fingerprint density at radius 1 is 1.10 bits per heavy atom. The maximum atomic E-state index is 12.2. The van der Waals surface area contributed by atoms with E-state index in [-0.39, 0.29) is 24.6 Å². The largest absolute Gasteiger partial charge is 0.484 e. The number of ether oxygens (including phenoxy) is 1. The van der Waals surface area contributed by atoms with Crippen LogP contribution in [0.4, 0.5) is 0 Å². The molecule has 3 heteroatoms. The molecule has 0 saturated heterocycles. The van der Waals surface area contributed by atoms with Gasteiger partial charge >= 0.3 is 0 Å². The number of carbonyl (C=O) groups excluding carboxylic acids is 1. The Labute approximate surface area is 122 Å². The average Bonchev–Trinajstić information content (AvgIpc) is 2.35. The number of hydrogen-bond acceptors (Lipinski definition) is 2. The first-order valence-electron chi connectivity index (χ1n) is 7.36. The standard InChI is InChI=1S/C17H27NO2/c1-12(2)15-8-7-9-16(10-15)20-11-17(19)18(13(3)4)14(5)6/h7-10,12-14H,11H2,1-6H3. The summed E-state index contributed by atoms with van der Waals surface area (Å²) in [6.45, 7) is 12.5. The molecule has 0 radical (unpaired) electrons. The van der Waals surface area contributed by atoms with E-state index in [2.05, 4.69) is 19.9 Å². The molecule has 0 aliphatic heterocycles. The van der Waals surface area contributed by atoms with Crippen LogP contribution in [0.5, 0.6) is 5.75 Å². The van der Waals surface area contributed by atoms with Gasteiger partial charge in [-0.05, 0) is 51.3 Å². The van der Waals surface area contributed by atoms with Crippen molar-refractivity contribution in [3.8, 4) is 5.75 Å². The van der Waals surface area contributed by atoms with Crippen LogP contribution < -0.4 is 4.74 Å². The lowest BCUT2D eigenvalue weighted by Gasteiger charge is -2.30. The molecule has 0 bridgehead atoms. The third kappa shape index (κ3) is 4.55. The minimum absolute atomic E-state index is 0.0324. The zero-order valence-electron chi connectivity index (χ0n) is 13.5. The number of hydrogen-bond donors (Lipinski definition) is 0. The van der Waals surface area contributed by atoms with E-state index in [0.717, 1.165) is 5.75 Å². The highest BCUT2D eigenvalue weighted by atomic mass is 16.5. The summed E-state index contributed by atoms with van der Waals surface area (Å²) in [5.74, 6) is 1.25. The average molecular weight is 277 g/mol. The molecule has 0 spiro atoms. The lowest BCUT2D eigenvalue weighted by molar-refractivity contribution is -0.136. The van der Waals surface area contributed by atoms with E-state index in [1.165, 1.54) is 5.56 Å². The van der Waals surface area contributed by atoms with Crippen molar-refractivity contribution in [2.75, 3.05) is 6.61 Å². The van der Waals surface area contributed by atoms with Gasteiger partial charge in [0.15, 0.2) is 6.61 Å². The molecule has 0 aliphatic rings. The van der Waals surface area contributed by atoms with Gasteiger partial charge in [-0.1, -0.05) is 26.0 Å². The number of nitrogens with zero attached hydrogens (tertiary/aromatic N) is 1. The van der Waals surface area contributed by atoms with Gasteiger partial charge in [0.05, 0.1) is 0 Å². The highest BCUT2D eigenvalue weighted by molar-refractivity contribution is 5.78. The number of rotatable bonds is 6. The van der Waals surface area contributed by atoms with E-state index in [1.807, 2.05) is 50.8 Å². The van der Waals surface area contributed by atoms with Crippen LogP contribution >= 0.6 is 0 Å². The summed E-state index contributed by atoms with van der Waals surface area (Å²) in [6.07, 6.45) is 0. The second-order valence-electron chi connectivity index (χ2n) is 6.00. The highest BCUT2D eigenvalue weighted by Crippen LogP contribution is 2.20. The Kier molecular flexibility index (Phi) is 6.05. The predicted molar refractivity (Wildman–Crippen MR) is 83.1 cm³/mol. The predicted octanol–water partition coefficient (Wildman–Crippen LogP) is 3.83. The number of carbonyl (C=O) groups is 1. The van der Waals surface area contributed by atoms with Crippen molar-refractivity contribution in [2.24, 2.45) is 0 Å². The first-order chi connectivity index (χ1) is 9.32. The van der Waals surface area contributed by atoms with Gasteiger partial charge in [-0.15, -0.1) is 0 Å². The third-order valence-electron chi connectivity index (χ3n) is 3.29. The summed E-state index contributed by atoms with van der Waals surface area (Å²) in [4.78, 5) is 14.1. The monoisotopic (exact) mass is 277 g/mol. The minimum Gasteiger partial charge on any atom is -0.484 e. The fourth-order valence-electron chi connectivity index (χ4n) is 2.36. The first kappa shape index (κ1) is 16.5. The van der Waals surface area contributed by atoms with Crippen molar-refractivity contribution < 1.29 is 9.53 Å². The van der Waals surface area contributed by atoms with Crippen LogP contribution in [0, 0.1) is 0 Å². The van der Waals surface area contributed by atoms with Crippen LogP contribution in [-0.2, 0) is 4.79 Å². The van der Waals surface area contributed by atoms with Crippen LogP contribution in [-0.4, -0.2) is 29.5 Å². The van der Waals surface area contributed by atoms with Gasteiger partial charge in [0.1, 0.15) is 5.75 Å². The quantitative estimate of drug-likeness (QED) is 0.790. The van der Waals surface area contributed by atoms with Crippen LogP contribution in [0.2, 0.25) is 0 Å². The van der Waals surface area contributed by atoms with Gasteiger partial charge in [0, 0.05) is 12.1 Å². The summed E-state index contributed by atoms with van der Waals surface area (Å²) in [5.41, 5.74) is 1.22. The molecule has 0 heterocycles. The molecule has 0 aromatic heterocycles. The van der Waals surface area contributed by atoms with Crippen LogP contribution in [0.25, 0.3) is 0 Å². The molecule has 0 fully saturated rings. The molecule has 1 aromatic rings. The van der Waals surface area contributed by atoms with Crippen LogP contribution in [0.3, 0.4) is 0 Å². The highest BCUT2D eigenvalue weighted by Gasteiger charge is 2.20. The van der Waals surface area contributed by atoms with Crippen molar-refractivity contribution in [3.05, 3.63) is 29.8 Å². The smallest absolute Gasteiger partial charge is 0.260 e. The van der Waals surface area contributed by atoms with Crippen molar-refractivity contribution in [3.63, 3.8) is 0 Å². The van der Waals surface area contributed by atoms with Crippen LogP contribution in [0.1, 0.15) is 53.0 Å². The molecule has 0 atom stereocenters. The van der Waals surface area contributed by atoms with E-state index in [0.29, 0.717) is 5.92 Å². The number of amides is 1. The van der Waals surface area contributed by atoms with Gasteiger partial charge in [-0.3, -0.25) is 4.79 Å². The second-order valence-corrected chi connectivity index (χ2v) is 6.00. The summed E-state index contributed by atoms with van der Waals surface area (Å²) >= 11 is 0.